The maximum absolute atomic E-state index is 10.3. The summed E-state index contributed by atoms with van der Waals surface area (Å²) in [6, 6.07) is 0. The van der Waals surface area contributed by atoms with E-state index in [2.05, 4.69) is 0 Å². The van der Waals surface area contributed by atoms with Crippen molar-refractivity contribution in [3.63, 3.8) is 0 Å². The third kappa shape index (κ3) is 1.82. The van der Waals surface area contributed by atoms with E-state index in [1.54, 1.807) is 12.3 Å². The molecule has 0 saturated carbocycles. The van der Waals surface area contributed by atoms with Crippen LogP contribution in [0.2, 0.25) is 0 Å². The normalized spacial score (nSPS) is 16.6. The third-order valence-corrected chi connectivity index (χ3v) is 1.63. The zero-order valence-corrected chi connectivity index (χ0v) is 7.10. The first-order valence-corrected chi connectivity index (χ1v) is 3.58. The van der Waals surface area contributed by atoms with Gasteiger partial charge in [0.1, 0.15) is 0 Å². The number of hydrogen-bond acceptors (Lipinski definition) is 4. The summed E-state index contributed by atoms with van der Waals surface area (Å²) in [6.07, 6.45) is 4.77. The lowest BCUT2D eigenvalue weighted by atomic mass is 10.3. The van der Waals surface area contributed by atoms with Crippen molar-refractivity contribution in [2.45, 2.75) is 0 Å². The van der Waals surface area contributed by atoms with Crippen LogP contribution in [0.3, 0.4) is 0 Å². The Morgan fingerprint density at radius 2 is 2.33 bits per heavy atom. The number of nitrogens with zero attached hydrogens (tertiary/aromatic N) is 3. The van der Waals surface area contributed by atoms with Crippen molar-refractivity contribution in [2.24, 2.45) is 0 Å². The quantitative estimate of drug-likeness (QED) is 0.445. The molecule has 0 fully saturated rings. The fourth-order valence-corrected chi connectivity index (χ4v) is 0.910. The van der Waals surface area contributed by atoms with E-state index in [4.69, 9.17) is 0 Å². The van der Waals surface area contributed by atoms with Gasteiger partial charge in [0, 0.05) is 32.4 Å². The molecule has 1 heterocycles. The van der Waals surface area contributed by atoms with Gasteiger partial charge in [0.05, 0.1) is 11.5 Å². The zero-order valence-electron chi connectivity index (χ0n) is 7.10. The molecule has 0 aromatic carbocycles. The van der Waals surface area contributed by atoms with Crippen LogP contribution in [0.4, 0.5) is 0 Å². The van der Waals surface area contributed by atoms with Crippen LogP contribution in [-0.4, -0.2) is 35.6 Å². The Bertz CT molecular complexity index is 245. The molecular weight excluding hydrogens is 158 g/mol. The molecule has 5 nitrogen and oxygen atoms in total. The highest BCUT2D eigenvalue weighted by Gasteiger charge is 2.12. The molecule has 0 bridgehead atoms. The molecule has 0 aromatic heterocycles. The van der Waals surface area contributed by atoms with E-state index in [0.717, 1.165) is 0 Å². The average molecular weight is 169 g/mol. The largest absolute Gasteiger partial charge is 0.309 e. The Morgan fingerprint density at radius 3 is 2.67 bits per heavy atom. The lowest BCUT2D eigenvalue weighted by Crippen LogP contribution is -2.34. The summed E-state index contributed by atoms with van der Waals surface area (Å²) >= 11 is 0. The van der Waals surface area contributed by atoms with Crippen LogP contribution in [-0.2, 0) is 0 Å². The highest BCUT2D eigenvalue weighted by molar-refractivity contribution is 5.15. The first kappa shape index (κ1) is 8.73. The smallest absolute Gasteiger partial charge is 0.268 e. The molecule has 0 aromatic rings. The summed E-state index contributed by atoms with van der Waals surface area (Å²) in [6.45, 7) is 0.555. The lowest BCUT2D eigenvalue weighted by molar-refractivity contribution is -0.419. The van der Waals surface area contributed by atoms with Crippen molar-refractivity contribution in [2.75, 3.05) is 20.6 Å². The average Bonchev–Trinajstić information content (AvgIpc) is 2.04. The monoisotopic (exact) mass is 169 g/mol. The summed E-state index contributed by atoms with van der Waals surface area (Å²) in [7, 11) is 3.77. The highest BCUT2D eigenvalue weighted by atomic mass is 16.6. The molecule has 5 heteroatoms. The van der Waals surface area contributed by atoms with E-state index >= 15 is 0 Å². The van der Waals surface area contributed by atoms with Gasteiger partial charge in [0.2, 0.25) is 0 Å². The summed E-state index contributed by atoms with van der Waals surface area (Å²) in [4.78, 5) is 9.90. The number of rotatable bonds is 2. The molecule has 0 aliphatic carbocycles. The van der Waals surface area contributed by atoms with E-state index in [0.29, 0.717) is 6.54 Å². The molecule has 0 radical (unpaired) electrons. The van der Waals surface area contributed by atoms with Gasteiger partial charge in [-0.3, -0.25) is 10.1 Å². The maximum atomic E-state index is 10.3. The lowest BCUT2D eigenvalue weighted by Gasteiger charge is -2.27. The predicted molar refractivity (Wildman–Crippen MR) is 44.6 cm³/mol. The molecule has 12 heavy (non-hydrogen) atoms. The molecule has 1 aliphatic rings. The highest BCUT2D eigenvalue weighted by Crippen LogP contribution is 2.07. The van der Waals surface area contributed by atoms with Crippen LogP contribution in [0, 0.1) is 10.1 Å². The second-order valence-electron chi connectivity index (χ2n) is 2.67. The van der Waals surface area contributed by atoms with Gasteiger partial charge in [-0.2, -0.15) is 0 Å². The first-order chi connectivity index (χ1) is 5.61. The standard InChI is InChI=1S/C7H11N3O2/c1-8(2)9-5-3-7(4-6-9)10(11)12/h3-5H,6H2,1-2H3. The topological polar surface area (TPSA) is 49.6 Å². The van der Waals surface area contributed by atoms with Gasteiger partial charge in [0.25, 0.3) is 5.70 Å². The summed E-state index contributed by atoms with van der Waals surface area (Å²) in [5.74, 6) is 0. The molecule has 0 spiro atoms. The Balaban J connectivity index is 2.61. The fourth-order valence-electron chi connectivity index (χ4n) is 0.910. The molecule has 0 amide bonds. The van der Waals surface area contributed by atoms with Gasteiger partial charge in [-0.1, -0.05) is 0 Å². The summed E-state index contributed by atoms with van der Waals surface area (Å²) < 4.78 is 0. The Hall–Kier alpha value is -1.36. The molecule has 0 N–H and O–H groups in total. The van der Waals surface area contributed by atoms with Crippen LogP contribution in [0.25, 0.3) is 0 Å². The van der Waals surface area contributed by atoms with Crippen LogP contribution >= 0.6 is 0 Å². The summed E-state index contributed by atoms with van der Waals surface area (Å²) in [5, 5.41) is 14.0. The summed E-state index contributed by atoms with van der Waals surface area (Å²) in [5.41, 5.74) is 0.160. The van der Waals surface area contributed by atoms with E-state index in [1.807, 2.05) is 24.1 Å². The van der Waals surface area contributed by atoms with E-state index in [9.17, 15) is 10.1 Å². The Labute approximate surface area is 70.7 Å². The number of hydrazine groups is 1. The number of hydrogen-bond donors (Lipinski definition) is 0. The van der Waals surface area contributed by atoms with Crippen molar-refractivity contribution >= 4 is 0 Å². The molecule has 0 atom stereocenters. The molecule has 1 aliphatic heterocycles. The molecule has 0 saturated heterocycles. The molecular formula is C7H11N3O2. The molecule has 1 rings (SSSR count). The van der Waals surface area contributed by atoms with Crippen LogP contribution < -0.4 is 0 Å². The van der Waals surface area contributed by atoms with Crippen molar-refractivity contribution < 1.29 is 4.92 Å². The molecule has 66 valence electrons. The second-order valence-corrected chi connectivity index (χ2v) is 2.67. The SMILES string of the molecule is CN(C)N1C=CC([N+](=O)[O-])=CC1. The van der Waals surface area contributed by atoms with E-state index < -0.39 is 0 Å². The van der Waals surface area contributed by atoms with Gasteiger partial charge in [0.15, 0.2) is 0 Å². The molecule has 0 unspecified atom stereocenters. The second kappa shape index (κ2) is 3.36. The van der Waals surface area contributed by atoms with Crippen LogP contribution in [0.5, 0.6) is 0 Å². The number of allylic oxidation sites excluding steroid dienone is 1. The maximum Gasteiger partial charge on any atom is 0.268 e. The van der Waals surface area contributed by atoms with Crippen molar-refractivity contribution in [3.05, 3.63) is 34.2 Å². The minimum Gasteiger partial charge on any atom is -0.309 e. The minimum absolute atomic E-state index is 0.160. The Morgan fingerprint density at radius 1 is 1.67 bits per heavy atom. The van der Waals surface area contributed by atoms with E-state index in [1.165, 1.54) is 6.08 Å². The van der Waals surface area contributed by atoms with E-state index in [-0.39, 0.29) is 10.6 Å². The van der Waals surface area contributed by atoms with Crippen molar-refractivity contribution in [1.29, 1.82) is 0 Å². The fraction of sp³-hybridized carbons (Fsp3) is 0.429. The van der Waals surface area contributed by atoms with Gasteiger partial charge >= 0.3 is 0 Å². The first-order valence-electron chi connectivity index (χ1n) is 3.58. The van der Waals surface area contributed by atoms with Gasteiger partial charge in [-0.15, -0.1) is 0 Å². The van der Waals surface area contributed by atoms with Crippen molar-refractivity contribution in [3.8, 4) is 0 Å². The van der Waals surface area contributed by atoms with Gasteiger partial charge in [-0.05, 0) is 0 Å². The Kier molecular flexibility index (Phi) is 2.44. The zero-order chi connectivity index (χ0) is 9.14. The minimum atomic E-state index is -0.385. The number of nitro groups is 1. The van der Waals surface area contributed by atoms with Crippen LogP contribution in [0.15, 0.2) is 24.0 Å². The predicted octanol–water partition coefficient (Wildman–Crippen LogP) is 0.453. The van der Waals surface area contributed by atoms with Crippen LogP contribution in [0.1, 0.15) is 0 Å². The van der Waals surface area contributed by atoms with Crippen molar-refractivity contribution in [1.82, 2.24) is 10.0 Å². The van der Waals surface area contributed by atoms with Gasteiger partial charge < -0.3 is 5.01 Å². The third-order valence-electron chi connectivity index (χ3n) is 1.63. The van der Waals surface area contributed by atoms with Gasteiger partial charge in [-0.25, -0.2) is 5.01 Å².